The fourth-order valence-corrected chi connectivity index (χ4v) is 4.32. The number of aromatic amines is 1. The van der Waals surface area contributed by atoms with Crippen molar-refractivity contribution in [2.24, 2.45) is 0 Å². The average molecular weight is 492 g/mol. The first-order valence-electron chi connectivity index (χ1n) is 11.5. The molecular weight excluding hydrogens is 466 g/mol. The standard InChI is InChI=1S/C26H26ClN5O3/c1-3-5-14-32-23(28)22(24(33)30-26(32)35)31(4-2)25(34)18-15-21(17-11-6-8-12-19(17)27)29-20-13-9-7-10-16(18)20/h6-13,15H,3-5,14,28H2,1-2H3,(H,30,33,35). The molecule has 0 aliphatic rings. The number of unbranched alkanes of at least 4 members (excludes halogenated alkanes) is 1. The number of nitrogen functional groups attached to an aromatic ring is 1. The van der Waals surface area contributed by atoms with Gasteiger partial charge in [-0.3, -0.25) is 19.1 Å². The maximum Gasteiger partial charge on any atom is 0.330 e. The second-order valence-corrected chi connectivity index (χ2v) is 8.51. The lowest BCUT2D eigenvalue weighted by Gasteiger charge is -2.24. The van der Waals surface area contributed by atoms with E-state index in [9.17, 15) is 14.4 Å². The lowest BCUT2D eigenvalue weighted by atomic mass is 10.0. The van der Waals surface area contributed by atoms with Crippen LogP contribution >= 0.6 is 11.6 Å². The van der Waals surface area contributed by atoms with Crippen LogP contribution in [0.5, 0.6) is 0 Å². The summed E-state index contributed by atoms with van der Waals surface area (Å²) in [5.74, 6) is -0.468. The van der Waals surface area contributed by atoms with Crippen LogP contribution in [-0.2, 0) is 6.54 Å². The third-order valence-electron chi connectivity index (χ3n) is 5.88. The lowest BCUT2D eigenvalue weighted by molar-refractivity contribution is 0.0989. The minimum absolute atomic E-state index is 0.0351. The summed E-state index contributed by atoms with van der Waals surface area (Å²) in [5, 5.41) is 1.13. The van der Waals surface area contributed by atoms with Gasteiger partial charge in [0.25, 0.3) is 11.5 Å². The first kappa shape index (κ1) is 24.2. The molecule has 1 amide bonds. The number of fused-ring (bicyclic) bond motifs is 1. The molecule has 0 aliphatic heterocycles. The molecule has 0 spiro atoms. The molecule has 8 nitrogen and oxygen atoms in total. The number of carbonyl (C=O) groups excluding carboxylic acids is 1. The number of hydrogen-bond acceptors (Lipinski definition) is 5. The highest BCUT2D eigenvalue weighted by Crippen LogP contribution is 2.31. The number of anilines is 2. The molecule has 9 heteroatoms. The van der Waals surface area contributed by atoms with Gasteiger partial charge in [-0.15, -0.1) is 0 Å². The Hall–Kier alpha value is -3.91. The number of halogens is 1. The van der Waals surface area contributed by atoms with E-state index in [1.807, 2.05) is 43.3 Å². The molecule has 0 saturated heterocycles. The third-order valence-corrected chi connectivity index (χ3v) is 6.21. The Kier molecular flexibility index (Phi) is 7.02. The fraction of sp³-hybridized carbons (Fsp3) is 0.231. The molecule has 35 heavy (non-hydrogen) atoms. The highest BCUT2D eigenvalue weighted by atomic mass is 35.5. The van der Waals surface area contributed by atoms with Crippen molar-refractivity contribution in [3.05, 3.63) is 86.0 Å². The Morgan fingerprint density at radius 2 is 1.83 bits per heavy atom. The predicted octanol–water partition coefficient (Wildman–Crippen LogP) is 4.45. The van der Waals surface area contributed by atoms with E-state index in [0.29, 0.717) is 45.7 Å². The van der Waals surface area contributed by atoms with Gasteiger partial charge in [0.15, 0.2) is 5.69 Å². The van der Waals surface area contributed by atoms with Crippen LogP contribution in [0.2, 0.25) is 5.02 Å². The lowest BCUT2D eigenvalue weighted by Crippen LogP contribution is -2.41. The van der Waals surface area contributed by atoms with E-state index in [2.05, 4.69) is 4.98 Å². The number of rotatable bonds is 7. The molecule has 4 rings (SSSR count). The van der Waals surface area contributed by atoms with Crippen LogP contribution in [-0.4, -0.2) is 27.0 Å². The molecule has 0 radical (unpaired) electrons. The zero-order valence-electron chi connectivity index (χ0n) is 19.5. The Labute approximate surface area is 207 Å². The van der Waals surface area contributed by atoms with Gasteiger partial charge in [0.2, 0.25) is 0 Å². The van der Waals surface area contributed by atoms with Crippen LogP contribution in [0.3, 0.4) is 0 Å². The van der Waals surface area contributed by atoms with Crippen molar-refractivity contribution in [3.63, 3.8) is 0 Å². The monoisotopic (exact) mass is 491 g/mol. The summed E-state index contributed by atoms with van der Waals surface area (Å²) in [6, 6.07) is 16.2. The Morgan fingerprint density at radius 3 is 2.54 bits per heavy atom. The van der Waals surface area contributed by atoms with E-state index in [1.165, 1.54) is 9.47 Å². The van der Waals surface area contributed by atoms with Gasteiger partial charge < -0.3 is 10.6 Å². The predicted molar refractivity (Wildman–Crippen MR) is 140 cm³/mol. The van der Waals surface area contributed by atoms with Crippen molar-refractivity contribution in [2.75, 3.05) is 17.2 Å². The van der Waals surface area contributed by atoms with E-state index in [4.69, 9.17) is 22.3 Å². The molecule has 0 atom stereocenters. The van der Waals surface area contributed by atoms with Crippen LogP contribution in [0.25, 0.3) is 22.2 Å². The van der Waals surface area contributed by atoms with Gasteiger partial charge in [0.1, 0.15) is 5.82 Å². The maximum absolute atomic E-state index is 13.9. The summed E-state index contributed by atoms with van der Waals surface area (Å²) in [6.45, 7) is 4.24. The van der Waals surface area contributed by atoms with Gasteiger partial charge in [-0.1, -0.05) is 61.3 Å². The minimum atomic E-state index is -0.708. The molecule has 0 saturated carbocycles. The number of carbonyl (C=O) groups is 1. The summed E-state index contributed by atoms with van der Waals surface area (Å²) in [5.41, 5.74) is 7.11. The maximum atomic E-state index is 13.9. The van der Waals surface area contributed by atoms with Crippen molar-refractivity contribution < 1.29 is 4.79 Å². The quantitative estimate of drug-likeness (QED) is 0.396. The highest BCUT2D eigenvalue weighted by Gasteiger charge is 2.26. The Bertz CT molecular complexity index is 1530. The number of nitrogens with zero attached hydrogens (tertiary/aromatic N) is 3. The zero-order valence-corrected chi connectivity index (χ0v) is 20.3. The largest absolute Gasteiger partial charge is 0.383 e. The summed E-state index contributed by atoms with van der Waals surface area (Å²) in [7, 11) is 0. The second kappa shape index (κ2) is 10.1. The Balaban J connectivity index is 1.91. The van der Waals surface area contributed by atoms with E-state index in [-0.39, 0.29) is 18.1 Å². The average Bonchev–Trinajstić information content (AvgIpc) is 2.85. The van der Waals surface area contributed by atoms with E-state index in [0.717, 1.165) is 6.42 Å². The second-order valence-electron chi connectivity index (χ2n) is 8.10. The molecule has 4 aromatic rings. The van der Waals surface area contributed by atoms with Crippen molar-refractivity contribution in [2.45, 2.75) is 33.2 Å². The molecule has 2 aromatic carbocycles. The summed E-state index contributed by atoms with van der Waals surface area (Å²) >= 11 is 6.41. The normalized spacial score (nSPS) is 11.1. The number of H-pyrrole nitrogens is 1. The number of benzene rings is 2. The number of hydrogen-bond donors (Lipinski definition) is 2. The van der Waals surface area contributed by atoms with Crippen molar-refractivity contribution in [3.8, 4) is 11.3 Å². The van der Waals surface area contributed by atoms with Gasteiger partial charge >= 0.3 is 5.69 Å². The van der Waals surface area contributed by atoms with Crippen LogP contribution in [0.4, 0.5) is 11.5 Å². The molecule has 3 N–H and O–H groups in total. The smallest absolute Gasteiger partial charge is 0.330 e. The number of amides is 1. The van der Waals surface area contributed by atoms with E-state index < -0.39 is 17.2 Å². The summed E-state index contributed by atoms with van der Waals surface area (Å²) < 4.78 is 1.30. The molecule has 2 heterocycles. The molecule has 0 unspecified atom stereocenters. The van der Waals surface area contributed by atoms with Crippen LogP contribution < -0.4 is 21.9 Å². The fourth-order valence-electron chi connectivity index (χ4n) is 4.08. The van der Waals surface area contributed by atoms with E-state index >= 15 is 0 Å². The first-order chi connectivity index (χ1) is 16.9. The van der Waals surface area contributed by atoms with Crippen LogP contribution in [0.1, 0.15) is 37.0 Å². The van der Waals surface area contributed by atoms with Crippen LogP contribution in [0, 0.1) is 0 Å². The number of para-hydroxylation sites is 1. The van der Waals surface area contributed by atoms with Gasteiger partial charge in [-0.05, 0) is 31.5 Å². The molecule has 2 aromatic heterocycles. The summed E-state index contributed by atoms with van der Waals surface area (Å²) in [6.07, 6.45) is 1.54. The molecule has 180 valence electrons. The Morgan fingerprint density at radius 1 is 1.11 bits per heavy atom. The minimum Gasteiger partial charge on any atom is -0.383 e. The highest BCUT2D eigenvalue weighted by molar-refractivity contribution is 6.33. The van der Waals surface area contributed by atoms with Crippen molar-refractivity contribution in [1.82, 2.24) is 14.5 Å². The third kappa shape index (κ3) is 4.57. The summed E-state index contributed by atoms with van der Waals surface area (Å²) in [4.78, 5) is 47.5. The number of nitrogens with two attached hydrogens (primary N) is 1. The molecule has 0 aliphatic carbocycles. The van der Waals surface area contributed by atoms with Gasteiger partial charge in [0, 0.05) is 29.1 Å². The topological polar surface area (TPSA) is 114 Å². The van der Waals surface area contributed by atoms with Gasteiger partial charge in [-0.2, -0.15) is 0 Å². The number of nitrogens with one attached hydrogen (secondary N) is 1. The van der Waals surface area contributed by atoms with Gasteiger partial charge in [-0.25, -0.2) is 9.78 Å². The molecular formula is C26H26ClN5O3. The van der Waals surface area contributed by atoms with Crippen molar-refractivity contribution in [1.29, 1.82) is 0 Å². The number of aromatic nitrogens is 3. The first-order valence-corrected chi connectivity index (χ1v) is 11.8. The zero-order chi connectivity index (χ0) is 25.1. The van der Waals surface area contributed by atoms with E-state index in [1.54, 1.807) is 25.1 Å². The number of pyridine rings is 1. The van der Waals surface area contributed by atoms with Crippen molar-refractivity contribution >= 4 is 39.9 Å². The van der Waals surface area contributed by atoms with Gasteiger partial charge in [0.05, 0.1) is 16.8 Å². The SMILES string of the molecule is CCCCn1c(N)c(N(CC)C(=O)c2cc(-c3ccccc3Cl)nc3ccccc23)c(=O)[nH]c1=O. The van der Waals surface area contributed by atoms with Crippen LogP contribution in [0.15, 0.2) is 64.2 Å². The molecule has 0 bridgehead atoms. The molecule has 0 fully saturated rings.